The predicted molar refractivity (Wildman–Crippen MR) is 46.0 cm³/mol. The highest BCUT2D eigenvalue weighted by atomic mass is 127. The zero-order valence-corrected chi connectivity index (χ0v) is 7.92. The molecule has 1 aromatic rings. The van der Waals surface area contributed by atoms with Crippen LogP contribution in [-0.2, 0) is 0 Å². The zero-order valence-electron chi connectivity index (χ0n) is 5.76. The van der Waals surface area contributed by atoms with Gasteiger partial charge < -0.3 is 4.74 Å². The van der Waals surface area contributed by atoms with Crippen molar-refractivity contribution in [2.75, 3.05) is 7.11 Å². The number of halogens is 1. The van der Waals surface area contributed by atoms with Crippen molar-refractivity contribution < 1.29 is 4.74 Å². The molecule has 0 unspecified atom stereocenters. The highest BCUT2D eigenvalue weighted by molar-refractivity contribution is 14.1. The SMILES string of the molecule is COc1cnc(I)nc1C. The lowest BCUT2D eigenvalue weighted by Crippen LogP contribution is -1.94. The van der Waals surface area contributed by atoms with Crippen LogP contribution in [0.15, 0.2) is 6.20 Å². The minimum Gasteiger partial charge on any atom is -0.493 e. The quantitative estimate of drug-likeness (QED) is 0.558. The van der Waals surface area contributed by atoms with Crippen molar-refractivity contribution in [3.05, 3.63) is 15.7 Å². The van der Waals surface area contributed by atoms with E-state index in [1.807, 2.05) is 6.92 Å². The standard InChI is InChI=1S/C6H7IN2O/c1-4-5(10-2)3-8-6(7)9-4/h3H,1-2H3. The van der Waals surface area contributed by atoms with Crippen molar-refractivity contribution >= 4 is 22.6 Å². The van der Waals surface area contributed by atoms with Gasteiger partial charge in [-0.2, -0.15) is 0 Å². The molecule has 1 heterocycles. The summed E-state index contributed by atoms with van der Waals surface area (Å²) >= 11 is 2.06. The second-order valence-electron chi connectivity index (χ2n) is 1.79. The molecular formula is C6H7IN2O. The van der Waals surface area contributed by atoms with Crippen molar-refractivity contribution in [2.24, 2.45) is 0 Å². The van der Waals surface area contributed by atoms with Crippen LogP contribution in [0.1, 0.15) is 5.69 Å². The smallest absolute Gasteiger partial charge is 0.191 e. The fourth-order valence-corrected chi connectivity index (χ4v) is 1.13. The van der Waals surface area contributed by atoms with Gasteiger partial charge in [-0.25, -0.2) is 9.97 Å². The maximum atomic E-state index is 4.97. The molecule has 3 nitrogen and oxygen atoms in total. The summed E-state index contributed by atoms with van der Waals surface area (Å²) in [5.41, 5.74) is 0.877. The maximum absolute atomic E-state index is 4.97. The molecule has 0 radical (unpaired) electrons. The summed E-state index contributed by atoms with van der Waals surface area (Å²) in [4.78, 5) is 8.06. The Bertz CT molecular complexity index is 239. The molecule has 0 aliphatic carbocycles. The molecule has 10 heavy (non-hydrogen) atoms. The Hall–Kier alpha value is -0.390. The third-order valence-corrected chi connectivity index (χ3v) is 1.64. The Morgan fingerprint density at radius 2 is 2.30 bits per heavy atom. The number of hydrogen-bond donors (Lipinski definition) is 0. The number of hydrogen-bond acceptors (Lipinski definition) is 3. The van der Waals surface area contributed by atoms with Crippen molar-refractivity contribution in [2.45, 2.75) is 6.92 Å². The van der Waals surface area contributed by atoms with Gasteiger partial charge in [-0.05, 0) is 6.92 Å². The number of methoxy groups -OCH3 is 1. The molecule has 0 aromatic carbocycles. The van der Waals surface area contributed by atoms with Crippen LogP contribution >= 0.6 is 22.6 Å². The topological polar surface area (TPSA) is 35.0 Å². The number of ether oxygens (including phenoxy) is 1. The number of nitrogens with zero attached hydrogens (tertiary/aromatic N) is 2. The van der Waals surface area contributed by atoms with Crippen LogP contribution in [0.3, 0.4) is 0 Å². The molecule has 0 aliphatic rings. The summed E-state index contributed by atoms with van der Waals surface area (Å²) in [6, 6.07) is 0. The second kappa shape index (κ2) is 3.14. The lowest BCUT2D eigenvalue weighted by atomic mass is 10.4. The average Bonchev–Trinajstić information content (AvgIpc) is 1.88. The molecule has 0 atom stereocenters. The van der Waals surface area contributed by atoms with Crippen LogP contribution in [0.4, 0.5) is 0 Å². The van der Waals surface area contributed by atoms with Crippen LogP contribution < -0.4 is 4.74 Å². The normalized spacial score (nSPS) is 9.50. The maximum Gasteiger partial charge on any atom is 0.191 e. The van der Waals surface area contributed by atoms with Crippen LogP contribution in [0.25, 0.3) is 0 Å². The minimum absolute atomic E-state index is 0.736. The second-order valence-corrected chi connectivity index (χ2v) is 2.76. The summed E-state index contributed by atoms with van der Waals surface area (Å²) in [5, 5.41) is 0. The largest absolute Gasteiger partial charge is 0.493 e. The molecule has 0 N–H and O–H groups in total. The fraction of sp³-hybridized carbons (Fsp3) is 0.333. The molecule has 1 rings (SSSR count). The van der Waals surface area contributed by atoms with Gasteiger partial charge in [0.15, 0.2) is 9.58 Å². The van der Waals surface area contributed by atoms with Gasteiger partial charge in [-0.1, -0.05) is 0 Å². The van der Waals surface area contributed by atoms with E-state index in [4.69, 9.17) is 4.74 Å². The van der Waals surface area contributed by atoms with Crippen molar-refractivity contribution in [1.82, 2.24) is 9.97 Å². The molecule has 0 fully saturated rings. The lowest BCUT2D eigenvalue weighted by molar-refractivity contribution is 0.406. The van der Waals surface area contributed by atoms with E-state index in [2.05, 4.69) is 32.6 Å². The molecule has 54 valence electrons. The summed E-state index contributed by atoms with van der Waals surface area (Å²) in [7, 11) is 1.61. The van der Waals surface area contributed by atoms with Crippen molar-refractivity contribution in [1.29, 1.82) is 0 Å². The van der Waals surface area contributed by atoms with E-state index in [9.17, 15) is 0 Å². The zero-order chi connectivity index (χ0) is 7.56. The first-order chi connectivity index (χ1) is 4.74. The molecule has 0 bridgehead atoms. The van der Waals surface area contributed by atoms with E-state index < -0.39 is 0 Å². The first kappa shape index (κ1) is 7.71. The van der Waals surface area contributed by atoms with E-state index in [1.165, 1.54) is 0 Å². The van der Waals surface area contributed by atoms with Gasteiger partial charge in [0.05, 0.1) is 19.0 Å². The molecule has 0 amide bonds. The highest BCUT2D eigenvalue weighted by Gasteiger charge is 1.98. The fourth-order valence-electron chi connectivity index (χ4n) is 0.628. The number of rotatable bonds is 1. The summed E-state index contributed by atoms with van der Waals surface area (Å²) < 4.78 is 5.72. The molecular weight excluding hydrogens is 243 g/mol. The Labute approximate surface area is 73.0 Å². The van der Waals surface area contributed by atoms with Gasteiger partial charge in [-0.3, -0.25) is 0 Å². The van der Waals surface area contributed by atoms with Gasteiger partial charge in [-0.15, -0.1) is 0 Å². The molecule has 4 heteroatoms. The van der Waals surface area contributed by atoms with E-state index in [1.54, 1.807) is 13.3 Å². The lowest BCUT2D eigenvalue weighted by Gasteiger charge is -2.00. The first-order valence-electron chi connectivity index (χ1n) is 2.77. The van der Waals surface area contributed by atoms with E-state index in [0.29, 0.717) is 0 Å². The predicted octanol–water partition coefficient (Wildman–Crippen LogP) is 1.40. The van der Waals surface area contributed by atoms with E-state index >= 15 is 0 Å². The van der Waals surface area contributed by atoms with Crippen molar-refractivity contribution in [3.63, 3.8) is 0 Å². The monoisotopic (exact) mass is 250 g/mol. The Morgan fingerprint density at radius 3 is 2.80 bits per heavy atom. The number of aromatic nitrogens is 2. The molecule has 0 saturated heterocycles. The Kier molecular flexibility index (Phi) is 2.42. The molecule has 0 aliphatic heterocycles. The van der Waals surface area contributed by atoms with Crippen LogP contribution in [0.2, 0.25) is 0 Å². The summed E-state index contributed by atoms with van der Waals surface area (Å²) in [5.74, 6) is 0.736. The van der Waals surface area contributed by atoms with Crippen LogP contribution in [-0.4, -0.2) is 17.1 Å². The Balaban J connectivity index is 3.07. The number of aryl methyl sites for hydroxylation is 1. The molecule has 0 saturated carbocycles. The van der Waals surface area contributed by atoms with Gasteiger partial charge in [0, 0.05) is 22.6 Å². The van der Waals surface area contributed by atoms with E-state index in [-0.39, 0.29) is 0 Å². The van der Waals surface area contributed by atoms with Crippen molar-refractivity contribution in [3.8, 4) is 5.75 Å². The third kappa shape index (κ3) is 1.56. The van der Waals surface area contributed by atoms with Gasteiger partial charge >= 0.3 is 0 Å². The summed E-state index contributed by atoms with van der Waals surface area (Å²) in [6.07, 6.45) is 1.67. The molecule has 1 aromatic heterocycles. The first-order valence-corrected chi connectivity index (χ1v) is 3.85. The van der Waals surface area contributed by atoms with Crippen LogP contribution in [0, 0.1) is 10.8 Å². The van der Waals surface area contributed by atoms with Gasteiger partial charge in [0.2, 0.25) is 0 Å². The van der Waals surface area contributed by atoms with E-state index in [0.717, 1.165) is 15.3 Å². The average molecular weight is 250 g/mol. The third-order valence-electron chi connectivity index (χ3n) is 1.12. The van der Waals surface area contributed by atoms with Gasteiger partial charge in [0.25, 0.3) is 0 Å². The summed E-state index contributed by atoms with van der Waals surface area (Å²) in [6.45, 7) is 1.89. The highest BCUT2D eigenvalue weighted by Crippen LogP contribution is 2.12. The minimum atomic E-state index is 0.736. The molecule has 0 spiro atoms. The van der Waals surface area contributed by atoms with Gasteiger partial charge in [0.1, 0.15) is 0 Å². The Morgan fingerprint density at radius 1 is 1.60 bits per heavy atom. The van der Waals surface area contributed by atoms with Crippen LogP contribution in [0.5, 0.6) is 5.75 Å².